The molecular formula is C45H30N4S. The van der Waals surface area contributed by atoms with E-state index in [1.54, 1.807) is 0 Å². The fourth-order valence-corrected chi connectivity index (χ4v) is 8.95. The van der Waals surface area contributed by atoms with Gasteiger partial charge in [-0.15, -0.1) is 11.3 Å². The van der Waals surface area contributed by atoms with Crippen LogP contribution in [-0.2, 0) is 0 Å². The second-order valence-corrected chi connectivity index (χ2v) is 13.6. The van der Waals surface area contributed by atoms with Gasteiger partial charge in [-0.2, -0.15) is 0 Å². The molecule has 236 valence electrons. The standard InChI is InChI=1S/C45H30N4S/c1-3-15-35-29(4-2)41-38(49(35)45-43(28-16-6-5-7-17-28)46-33-21-10-11-22-34(33)47-45)27-26-37-42(41)32-19-8-12-23-36(32)48(37)39-24-14-20-31-30-18-9-13-25-40(30)50-44(31)39/h3-27H,2H2,1H3/b15-3-. The van der Waals surface area contributed by atoms with E-state index in [2.05, 4.69) is 138 Å². The number of thiophene rings is 1. The molecule has 0 aliphatic carbocycles. The largest absolute Gasteiger partial charge is 0.308 e. The molecule has 0 aliphatic heterocycles. The first-order valence-electron chi connectivity index (χ1n) is 16.8. The molecular weight excluding hydrogens is 629 g/mol. The third-order valence-electron chi connectivity index (χ3n) is 9.81. The maximum absolute atomic E-state index is 5.34. The molecule has 0 radical (unpaired) electrons. The number of allylic oxidation sites excluding steroid dienone is 1. The number of aromatic nitrogens is 4. The van der Waals surface area contributed by atoms with Crippen molar-refractivity contribution in [2.24, 2.45) is 0 Å². The zero-order valence-corrected chi connectivity index (χ0v) is 28.2. The Morgan fingerprint density at radius 2 is 1.28 bits per heavy atom. The van der Waals surface area contributed by atoms with Crippen LogP contribution in [0.15, 0.2) is 146 Å². The Morgan fingerprint density at radius 3 is 2.08 bits per heavy atom. The highest BCUT2D eigenvalue weighted by Gasteiger charge is 2.25. The van der Waals surface area contributed by atoms with Gasteiger partial charge in [-0.3, -0.25) is 4.57 Å². The molecule has 0 aliphatic rings. The lowest BCUT2D eigenvalue weighted by atomic mass is 10.0. The summed E-state index contributed by atoms with van der Waals surface area (Å²) in [6.07, 6.45) is 6.27. The van der Waals surface area contributed by atoms with E-state index in [4.69, 9.17) is 9.97 Å². The van der Waals surface area contributed by atoms with Crippen molar-refractivity contribution in [3.63, 3.8) is 0 Å². The van der Waals surface area contributed by atoms with Gasteiger partial charge < -0.3 is 4.57 Å². The lowest BCUT2D eigenvalue weighted by molar-refractivity contribution is 1.03. The van der Waals surface area contributed by atoms with Crippen molar-refractivity contribution in [1.29, 1.82) is 0 Å². The summed E-state index contributed by atoms with van der Waals surface area (Å²) in [5.41, 5.74) is 10.2. The van der Waals surface area contributed by atoms with Gasteiger partial charge >= 0.3 is 0 Å². The van der Waals surface area contributed by atoms with Crippen LogP contribution in [0.3, 0.4) is 0 Å². The smallest absolute Gasteiger partial charge is 0.165 e. The van der Waals surface area contributed by atoms with E-state index < -0.39 is 0 Å². The van der Waals surface area contributed by atoms with Crippen LogP contribution < -0.4 is 0 Å². The molecule has 0 amide bonds. The van der Waals surface area contributed by atoms with Gasteiger partial charge in [0, 0.05) is 42.8 Å². The van der Waals surface area contributed by atoms with Gasteiger partial charge in [0.05, 0.1) is 43.7 Å². The molecule has 0 atom stereocenters. The Kier molecular flexibility index (Phi) is 6.38. The molecule has 4 heterocycles. The minimum absolute atomic E-state index is 0.791. The predicted molar refractivity (Wildman–Crippen MR) is 214 cm³/mol. The number of benzene rings is 6. The van der Waals surface area contributed by atoms with Crippen molar-refractivity contribution in [2.45, 2.75) is 6.92 Å². The summed E-state index contributed by atoms with van der Waals surface area (Å²) in [5.74, 6) is 0.791. The second-order valence-electron chi connectivity index (χ2n) is 12.5. The minimum Gasteiger partial charge on any atom is -0.308 e. The number of rotatable bonds is 5. The Morgan fingerprint density at radius 1 is 0.600 bits per heavy atom. The zero-order valence-electron chi connectivity index (χ0n) is 27.3. The van der Waals surface area contributed by atoms with Crippen molar-refractivity contribution in [2.75, 3.05) is 0 Å². The lowest BCUT2D eigenvalue weighted by Gasteiger charge is -2.14. The summed E-state index contributed by atoms with van der Waals surface area (Å²) < 4.78 is 7.32. The quantitative estimate of drug-likeness (QED) is 0.184. The number of hydrogen-bond donors (Lipinski definition) is 0. The molecule has 0 saturated heterocycles. The third kappa shape index (κ3) is 4.04. The second kappa shape index (κ2) is 11.1. The first-order chi connectivity index (χ1) is 24.7. The van der Waals surface area contributed by atoms with Crippen LogP contribution in [-0.4, -0.2) is 19.1 Å². The molecule has 6 aromatic carbocycles. The molecule has 4 aromatic heterocycles. The predicted octanol–water partition coefficient (Wildman–Crippen LogP) is 12.4. The minimum atomic E-state index is 0.791. The summed E-state index contributed by atoms with van der Waals surface area (Å²) in [5, 5.41) is 6.13. The zero-order chi connectivity index (χ0) is 33.3. The SMILES string of the molecule is C=Cc1c(/C=C\C)n(-c2nc3ccccc3nc2-c2ccccc2)c2ccc3c(c4ccccc4n3-c3cccc4c3sc3ccccc34)c12. The third-order valence-corrected chi connectivity index (χ3v) is 11.0. The lowest BCUT2D eigenvalue weighted by Crippen LogP contribution is -2.05. The summed E-state index contributed by atoms with van der Waals surface area (Å²) in [6.45, 7) is 6.45. The van der Waals surface area contributed by atoms with Crippen LogP contribution in [0.1, 0.15) is 18.2 Å². The number of fused-ring (bicyclic) bond motifs is 9. The molecule has 0 spiro atoms. The number of para-hydroxylation sites is 3. The fourth-order valence-electron chi connectivity index (χ4n) is 7.75. The van der Waals surface area contributed by atoms with Gasteiger partial charge in [0.1, 0.15) is 5.69 Å². The normalized spacial score (nSPS) is 12.1. The highest BCUT2D eigenvalue weighted by molar-refractivity contribution is 7.26. The summed E-state index contributed by atoms with van der Waals surface area (Å²) in [6, 6.07) is 47.2. The van der Waals surface area contributed by atoms with Crippen molar-refractivity contribution in [3.8, 4) is 22.8 Å². The van der Waals surface area contributed by atoms with Crippen LogP contribution >= 0.6 is 11.3 Å². The van der Waals surface area contributed by atoms with Crippen LogP contribution in [0, 0.1) is 0 Å². The number of nitrogens with zero attached hydrogens (tertiary/aromatic N) is 4. The Balaban J connectivity index is 1.36. The van der Waals surface area contributed by atoms with Gasteiger partial charge in [0.2, 0.25) is 0 Å². The van der Waals surface area contributed by atoms with E-state index in [-0.39, 0.29) is 0 Å². The molecule has 0 bridgehead atoms. The molecule has 0 unspecified atom stereocenters. The van der Waals surface area contributed by atoms with Crippen molar-refractivity contribution in [1.82, 2.24) is 19.1 Å². The topological polar surface area (TPSA) is 35.6 Å². The first-order valence-corrected chi connectivity index (χ1v) is 17.7. The highest BCUT2D eigenvalue weighted by Crippen LogP contribution is 2.45. The van der Waals surface area contributed by atoms with Crippen molar-refractivity contribution < 1.29 is 0 Å². The van der Waals surface area contributed by atoms with Gasteiger partial charge in [-0.25, -0.2) is 9.97 Å². The maximum Gasteiger partial charge on any atom is 0.165 e. The van der Waals surface area contributed by atoms with Gasteiger partial charge in [0.15, 0.2) is 5.82 Å². The van der Waals surface area contributed by atoms with E-state index in [0.29, 0.717) is 0 Å². The molecule has 10 aromatic rings. The highest BCUT2D eigenvalue weighted by atomic mass is 32.1. The van der Waals surface area contributed by atoms with E-state index in [9.17, 15) is 0 Å². The van der Waals surface area contributed by atoms with E-state index in [1.165, 1.54) is 42.1 Å². The van der Waals surface area contributed by atoms with Crippen LogP contribution in [0.4, 0.5) is 0 Å². The van der Waals surface area contributed by atoms with Crippen LogP contribution in [0.2, 0.25) is 0 Å². The molecule has 10 rings (SSSR count). The van der Waals surface area contributed by atoms with E-state index in [1.807, 2.05) is 47.7 Å². The molecule has 50 heavy (non-hydrogen) atoms. The van der Waals surface area contributed by atoms with E-state index >= 15 is 0 Å². The van der Waals surface area contributed by atoms with Gasteiger partial charge in [0.25, 0.3) is 0 Å². The molecule has 0 N–H and O–H groups in total. The van der Waals surface area contributed by atoms with Crippen LogP contribution in [0.5, 0.6) is 0 Å². The Labute approximate surface area is 292 Å². The molecule has 4 nitrogen and oxygen atoms in total. The average Bonchev–Trinajstić information content (AvgIpc) is 3.82. The van der Waals surface area contributed by atoms with Crippen molar-refractivity contribution in [3.05, 3.63) is 157 Å². The maximum atomic E-state index is 5.34. The van der Waals surface area contributed by atoms with Gasteiger partial charge in [-0.1, -0.05) is 110 Å². The van der Waals surface area contributed by atoms with Crippen LogP contribution in [0.25, 0.3) is 98.8 Å². The molecule has 0 fully saturated rings. The molecule has 0 saturated carbocycles. The fraction of sp³-hybridized carbons (Fsp3) is 0.0222. The summed E-state index contributed by atoms with van der Waals surface area (Å²) in [4.78, 5) is 10.6. The first kappa shape index (κ1) is 28.7. The average molecular weight is 659 g/mol. The summed E-state index contributed by atoms with van der Waals surface area (Å²) in [7, 11) is 0. The molecule has 5 heteroatoms. The van der Waals surface area contributed by atoms with E-state index in [0.717, 1.165) is 55.8 Å². The van der Waals surface area contributed by atoms with Crippen molar-refractivity contribution >= 4 is 87.4 Å². The Hall–Kier alpha value is -6.30. The van der Waals surface area contributed by atoms with Gasteiger partial charge in [-0.05, 0) is 55.5 Å². The number of hydrogen-bond acceptors (Lipinski definition) is 3. The monoisotopic (exact) mass is 658 g/mol. The Bertz CT molecular complexity index is 3010. The summed E-state index contributed by atoms with van der Waals surface area (Å²) >= 11 is 1.86.